The molecule has 0 spiro atoms. The number of rotatable bonds is 13. The summed E-state index contributed by atoms with van der Waals surface area (Å²) in [4.78, 5) is 44.0. The van der Waals surface area contributed by atoms with Gasteiger partial charge >= 0.3 is 6.03 Å². The predicted molar refractivity (Wildman–Crippen MR) is 138 cm³/mol. The highest BCUT2D eigenvalue weighted by molar-refractivity contribution is 6.03. The molecule has 196 valence electrons. The molecule has 1 fully saturated rings. The van der Waals surface area contributed by atoms with Gasteiger partial charge in [0.05, 0.1) is 11.5 Å². The number of urea groups is 1. The van der Waals surface area contributed by atoms with Gasteiger partial charge in [-0.05, 0) is 58.8 Å². The Morgan fingerprint density at radius 3 is 2.26 bits per heavy atom. The van der Waals surface area contributed by atoms with E-state index in [1.54, 1.807) is 11.9 Å². The molecular weight excluding hydrogens is 444 g/mol. The zero-order valence-corrected chi connectivity index (χ0v) is 22.6. The Kier molecular flexibility index (Phi) is 10.7. The van der Waals surface area contributed by atoms with E-state index < -0.39 is 17.7 Å². The highest BCUT2D eigenvalue weighted by atomic mass is 16.5. The number of amides is 4. The summed E-state index contributed by atoms with van der Waals surface area (Å²) in [6, 6.07) is 7.38. The zero-order chi connectivity index (χ0) is 26.2. The number of aryl methyl sites for hydroxylation is 1. The average molecular weight is 489 g/mol. The molecule has 35 heavy (non-hydrogen) atoms. The van der Waals surface area contributed by atoms with Crippen molar-refractivity contribution < 1.29 is 19.1 Å². The number of ether oxygens (including phenoxy) is 1. The third-order valence-electron chi connectivity index (χ3n) is 7.08. The number of benzene rings is 1. The first-order valence-electron chi connectivity index (χ1n) is 12.8. The Morgan fingerprint density at radius 2 is 1.71 bits per heavy atom. The standard InChI is InChI=1S/C27H44N4O4/c1-8-12-22(21-15-13-20(4)14-16-21)28-26(34)31-24(33)27(9-2,10-3)25(31)35-19-23(32)30(7)18-11-17-29(5)6/h13-16,22,25H,8-12,17-19H2,1-7H3,(H,28,34). The van der Waals surface area contributed by atoms with Gasteiger partial charge in [-0.15, -0.1) is 0 Å². The summed E-state index contributed by atoms with van der Waals surface area (Å²) >= 11 is 0. The van der Waals surface area contributed by atoms with Crippen LogP contribution in [0.4, 0.5) is 4.79 Å². The lowest BCUT2D eigenvalue weighted by Gasteiger charge is -2.53. The van der Waals surface area contributed by atoms with Crippen LogP contribution in [0.5, 0.6) is 0 Å². The van der Waals surface area contributed by atoms with E-state index in [0.717, 1.165) is 36.9 Å². The fourth-order valence-electron chi connectivity index (χ4n) is 4.60. The molecule has 1 N–H and O–H groups in total. The highest BCUT2D eigenvalue weighted by Gasteiger charge is 2.62. The van der Waals surface area contributed by atoms with E-state index >= 15 is 0 Å². The maximum absolute atomic E-state index is 13.3. The number of likely N-dealkylation sites (tertiary alicyclic amines) is 1. The topological polar surface area (TPSA) is 82.2 Å². The van der Waals surface area contributed by atoms with Crippen LogP contribution in [0.1, 0.15) is 70.0 Å². The van der Waals surface area contributed by atoms with E-state index in [9.17, 15) is 14.4 Å². The van der Waals surface area contributed by atoms with Crippen LogP contribution < -0.4 is 5.32 Å². The van der Waals surface area contributed by atoms with Crippen molar-refractivity contribution in [3.05, 3.63) is 35.4 Å². The summed E-state index contributed by atoms with van der Waals surface area (Å²) in [6.45, 7) is 9.28. The fraction of sp³-hybridized carbons (Fsp3) is 0.667. The molecule has 1 aliphatic heterocycles. The van der Waals surface area contributed by atoms with Crippen LogP contribution in [0.25, 0.3) is 0 Å². The van der Waals surface area contributed by atoms with Crippen LogP contribution in [-0.4, -0.2) is 79.6 Å². The molecule has 1 aromatic rings. The summed E-state index contributed by atoms with van der Waals surface area (Å²) < 4.78 is 6.00. The number of carbonyl (C=O) groups excluding carboxylic acids is 3. The van der Waals surface area contributed by atoms with Crippen molar-refractivity contribution in [3.63, 3.8) is 0 Å². The third kappa shape index (κ3) is 6.82. The van der Waals surface area contributed by atoms with Crippen LogP contribution >= 0.6 is 0 Å². The fourth-order valence-corrected chi connectivity index (χ4v) is 4.60. The molecule has 0 saturated carbocycles. The first kappa shape index (κ1) is 28.8. The Balaban J connectivity index is 2.10. The van der Waals surface area contributed by atoms with E-state index in [2.05, 4.69) is 17.1 Å². The van der Waals surface area contributed by atoms with E-state index in [-0.39, 0.29) is 24.5 Å². The molecular formula is C27H44N4O4. The number of likely N-dealkylation sites (N-methyl/N-ethyl adjacent to an activating group) is 1. The smallest absolute Gasteiger partial charge is 0.326 e. The Bertz CT molecular complexity index is 851. The number of nitrogens with one attached hydrogen (secondary N) is 1. The molecule has 2 unspecified atom stereocenters. The van der Waals surface area contributed by atoms with Crippen LogP contribution in [0, 0.1) is 12.3 Å². The largest absolute Gasteiger partial charge is 0.347 e. The van der Waals surface area contributed by atoms with Gasteiger partial charge in [-0.25, -0.2) is 9.69 Å². The van der Waals surface area contributed by atoms with Crippen molar-refractivity contribution in [2.75, 3.05) is 40.8 Å². The quantitative estimate of drug-likeness (QED) is 0.425. The second-order valence-electron chi connectivity index (χ2n) is 9.88. The summed E-state index contributed by atoms with van der Waals surface area (Å²) in [7, 11) is 5.75. The average Bonchev–Trinajstić information content (AvgIpc) is 2.82. The number of hydrogen-bond donors (Lipinski definition) is 1. The third-order valence-corrected chi connectivity index (χ3v) is 7.08. The Labute approximate surface area is 211 Å². The van der Waals surface area contributed by atoms with E-state index in [0.29, 0.717) is 19.4 Å². The van der Waals surface area contributed by atoms with Gasteiger partial charge in [-0.3, -0.25) is 9.59 Å². The van der Waals surface area contributed by atoms with Crippen molar-refractivity contribution in [1.29, 1.82) is 0 Å². The van der Waals surface area contributed by atoms with Gasteiger partial charge in [-0.1, -0.05) is 57.0 Å². The van der Waals surface area contributed by atoms with Gasteiger partial charge in [0.1, 0.15) is 6.61 Å². The maximum atomic E-state index is 13.3. The van der Waals surface area contributed by atoms with Gasteiger partial charge in [0.2, 0.25) is 11.8 Å². The molecule has 0 aromatic heterocycles. The van der Waals surface area contributed by atoms with E-state index in [1.807, 2.05) is 59.1 Å². The normalized spacial score (nSPS) is 17.8. The summed E-state index contributed by atoms with van der Waals surface area (Å²) in [5.41, 5.74) is 1.36. The molecule has 2 atom stereocenters. The minimum Gasteiger partial charge on any atom is -0.347 e. The number of hydrogen-bond acceptors (Lipinski definition) is 5. The van der Waals surface area contributed by atoms with Crippen molar-refractivity contribution >= 4 is 17.8 Å². The molecule has 1 saturated heterocycles. The number of imide groups is 1. The van der Waals surface area contributed by atoms with Crippen LogP contribution in [0.2, 0.25) is 0 Å². The van der Waals surface area contributed by atoms with Gasteiger partial charge < -0.3 is 19.9 Å². The highest BCUT2D eigenvalue weighted by Crippen LogP contribution is 2.46. The Morgan fingerprint density at radius 1 is 1.09 bits per heavy atom. The molecule has 8 heteroatoms. The lowest BCUT2D eigenvalue weighted by Crippen LogP contribution is -2.72. The number of β-lactam (4-membered cyclic amide) rings is 1. The minimum absolute atomic E-state index is 0.159. The molecule has 2 rings (SSSR count). The summed E-state index contributed by atoms with van der Waals surface area (Å²) in [6.07, 6.45) is 2.82. The molecule has 0 radical (unpaired) electrons. The van der Waals surface area contributed by atoms with Crippen molar-refractivity contribution in [3.8, 4) is 0 Å². The van der Waals surface area contributed by atoms with Crippen LogP contribution in [-0.2, 0) is 14.3 Å². The maximum Gasteiger partial charge on any atom is 0.326 e. The summed E-state index contributed by atoms with van der Waals surface area (Å²) in [5, 5.41) is 3.04. The molecule has 1 aromatic carbocycles. The summed E-state index contributed by atoms with van der Waals surface area (Å²) in [5.74, 6) is -0.399. The lowest BCUT2D eigenvalue weighted by atomic mass is 9.72. The van der Waals surface area contributed by atoms with Crippen molar-refractivity contribution in [2.24, 2.45) is 5.41 Å². The van der Waals surface area contributed by atoms with Gasteiger partial charge in [0.15, 0.2) is 6.23 Å². The zero-order valence-electron chi connectivity index (χ0n) is 22.6. The molecule has 0 bridgehead atoms. The Hall–Kier alpha value is -2.45. The molecule has 4 amide bonds. The molecule has 1 aliphatic rings. The van der Waals surface area contributed by atoms with Gasteiger partial charge in [0.25, 0.3) is 0 Å². The molecule has 1 heterocycles. The number of carbonyl (C=O) groups is 3. The van der Waals surface area contributed by atoms with Crippen LogP contribution in [0.3, 0.4) is 0 Å². The predicted octanol–water partition coefficient (Wildman–Crippen LogP) is 3.95. The van der Waals surface area contributed by atoms with E-state index in [4.69, 9.17) is 4.74 Å². The van der Waals surface area contributed by atoms with Gasteiger partial charge in [-0.2, -0.15) is 0 Å². The first-order valence-corrected chi connectivity index (χ1v) is 12.8. The lowest BCUT2D eigenvalue weighted by molar-refractivity contribution is -0.211. The van der Waals surface area contributed by atoms with Crippen LogP contribution in [0.15, 0.2) is 24.3 Å². The second kappa shape index (κ2) is 13.0. The monoisotopic (exact) mass is 488 g/mol. The minimum atomic E-state index is -0.786. The van der Waals surface area contributed by atoms with Crippen molar-refractivity contribution in [1.82, 2.24) is 20.0 Å². The molecule has 0 aliphatic carbocycles. The molecule has 8 nitrogen and oxygen atoms in total. The second-order valence-corrected chi connectivity index (χ2v) is 9.88. The van der Waals surface area contributed by atoms with E-state index in [1.165, 1.54) is 4.90 Å². The number of nitrogens with zero attached hydrogens (tertiary/aromatic N) is 3. The first-order chi connectivity index (χ1) is 16.6. The van der Waals surface area contributed by atoms with Crippen molar-refractivity contribution in [2.45, 2.75) is 72.1 Å². The SMILES string of the molecule is CCCC(NC(=O)N1C(=O)C(CC)(CC)C1OCC(=O)N(C)CCCN(C)C)c1ccc(C)cc1. The van der Waals surface area contributed by atoms with Gasteiger partial charge in [0, 0.05) is 13.6 Å².